The second-order valence-corrected chi connectivity index (χ2v) is 6.92. The van der Waals surface area contributed by atoms with Crippen molar-refractivity contribution in [2.75, 3.05) is 11.1 Å². The van der Waals surface area contributed by atoms with Crippen molar-refractivity contribution in [1.82, 2.24) is 0 Å². The minimum absolute atomic E-state index is 0.112. The Bertz CT molecular complexity index is 911. The molecule has 3 aromatic carbocycles. The summed E-state index contributed by atoms with van der Waals surface area (Å²) in [5.74, 6) is -0.716. The number of carbonyl (C=O) groups is 1. The molecule has 0 aliphatic carbocycles. The zero-order valence-electron chi connectivity index (χ0n) is 12.4. The molecule has 0 aliphatic rings. The standard InChI is InChI=1S/C18H12Cl2FNOS/c19-12-7-8-15(14(21)9-12)22-17(23)10-24-16-6-2-4-11-3-1-5-13(20)18(11)16/h1-9H,10H2,(H,22,23). The van der Waals surface area contributed by atoms with E-state index in [4.69, 9.17) is 23.2 Å². The van der Waals surface area contributed by atoms with Gasteiger partial charge < -0.3 is 5.32 Å². The third-order valence-corrected chi connectivity index (χ3v) is 4.99. The highest BCUT2D eigenvalue weighted by atomic mass is 35.5. The van der Waals surface area contributed by atoms with Gasteiger partial charge in [-0.1, -0.05) is 47.5 Å². The van der Waals surface area contributed by atoms with Crippen molar-refractivity contribution in [1.29, 1.82) is 0 Å². The van der Waals surface area contributed by atoms with Crippen molar-refractivity contribution >= 4 is 57.3 Å². The fourth-order valence-corrected chi connectivity index (χ4v) is 3.71. The maximum Gasteiger partial charge on any atom is 0.234 e. The van der Waals surface area contributed by atoms with E-state index in [-0.39, 0.29) is 22.4 Å². The van der Waals surface area contributed by atoms with E-state index >= 15 is 0 Å². The molecule has 3 rings (SSSR count). The molecule has 0 aromatic heterocycles. The third kappa shape index (κ3) is 3.83. The summed E-state index contributed by atoms with van der Waals surface area (Å²) in [6.07, 6.45) is 0. The normalized spacial score (nSPS) is 10.8. The van der Waals surface area contributed by atoms with Crippen LogP contribution in [0.2, 0.25) is 10.0 Å². The van der Waals surface area contributed by atoms with Gasteiger partial charge in [0, 0.05) is 20.3 Å². The summed E-state index contributed by atoms with van der Waals surface area (Å²) in [4.78, 5) is 13.0. The number of anilines is 1. The average Bonchev–Trinajstić information content (AvgIpc) is 2.56. The first-order chi connectivity index (χ1) is 11.5. The van der Waals surface area contributed by atoms with Gasteiger partial charge in [-0.05, 0) is 35.7 Å². The van der Waals surface area contributed by atoms with Gasteiger partial charge >= 0.3 is 0 Å². The van der Waals surface area contributed by atoms with Crippen LogP contribution >= 0.6 is 35.0 Å². The second kappa shape index (κ2) is 7.43. The van der Waals surface area contributed by atoms with Crippen LogP contribution in [0.3, 0.4) is 0 Å². The second-order valence-electron chi connectivity index (χ2n) is 5.06. The van der Waals surface area contributed by atoms with Crippen LogP contribution in [0.25, 0.3) is 10.8 Å². The molecule has 1 N–H and O–H groups in total. The summed E-state index contributed by atoms with van der Waals surface area (Å²) < 4.78 is 13.7. The monoisotopic (exact) mass is 379 g/mol. The van der Waals surface area contributed by atoms with E-state index in [0.717, 1.165) is 21.7 Å². The highest BCUT2D eigenvalue weighted by Gasteiger charge is 2.10. The van der Waals surface area contributed by atoms with Gasteiger partial charge in [-0.3, -0.25) is 4.79 Å². The maximum absolute atomic E-state index is 13.7. The summed E-state index contributed by atoms with van der Waals surface area (Å²) >= 11 is 13.3. The van der Waals surface area contributed by atoms with Crippen LogP contribution in [0.1, 0.15) is 0 Å². The third-order valence-electron chi connectivity index (χ3n) is 3.38. The first kappa shape index (κ1) is 17.1. The van der Waals surface area contributed by atoms with Gasteiger partial charge in [0.05, 0.1) is 11.4 Å². The van der Waals surface area contributed by atoms with E-state index in [0.29, 0.717) is 5.02 Å². The minimum atomic E-state index is -0.561. The van der Waals surface area contributed by atoms with E-state index in [1.165, 1.54) is 23.9 Å². The molecule has 0 bridgehead atoms. The lowest BCUT2D eigenvalue weighted by atomic mass is 10.1. The van der Waals surface area contributed by atoms with Crippen molar-refractivity contribution < 1.29 is 9.18 Å². The molecule has 3 aromatic rings. The number of benzene rings is 3. The highest BCUT2D eigenvalue weighted by molar-refractivity contribution is 8.00. The first-order valence-corrected chi connectivity index (χ1v) is 8.84. The number of rotatable bonds is 4. The number of carbonyl (C=O) groups excluding carboxylic acids is 1. The summed E-state index contributed by atoms with van der Waals surface area (Å²) in [6.45, 7) is 0. The van der Waals surface area contributed by atoms with E-state index in [1.54, 1.807) is 0 Å². The number of fused-ring (bicyclic) bond motifs is 1. The van der Waals surface area contributed by atoms with Gasteiger partial charge in [0.15, 0.2) is 0 Å². The van der Waals surface area contributed by atoms with Gasteiger partial charge in [-0.2, -0.15) is 0 Å². The lowest BCUT2D eigenvalue weighted by molar-refractivity contribution is -0.113. The SMILES string of the molecule is O=C(CSc1cccc2cccc(Cl)c12)Nc1ccc(Cl)cc1F. The smallest absolute Gasteiger partial charge is 0.234 e. The van der Waals surface area contributed by atoms with Gasteiger partial charge in [0.2, 0.25) is 5.91 Å². The zero-order valence-corrected chi connectivity index (χ0v) is 14.7. The van der Waals surface area contributed by atoms with Crippen LogP contribution in [-0.2, 0) is 4.79 Å². The van der Waals surface area contributed by atoms with Crippen molar-refractivity contribution in [2.24, 2.45) is 0 Å². The van der Waals surface area contributed by atoms with Crippen molar-refractivity contribution in [2.45, 2.75) is 4.90 Å². The lowest BCUT2D eigenvalue weighted by Crippen LogP contribution is -2.15. The fraction of sp³-hybridized carbons (Fsp3) is 0.0556. The molecule has 0 atom stereocenters. The van der Waals surface area contributed by atoms with E-state index < -0.39 is 5.82 Å². The molecule has 2 nitrogen and oxygen atoms in total. The molecule has 0 radical (unpaired) electrons. The van der Waals surface area contributed by atoms with E-state index in [2.05, 4.69) is 5.32 Å². The Morgan fingerprint density at radius 1 is 1.08 bits per heavy atom. The molecule has 0 spiro atoms. The minimum Gasteiger partial charge on any atom is -0.323 e. The molecular weight excluding hydrogens is 368 g/mol. The highest BCUT2D eigenvalue weighted by Crippen LogP contribution is 2.33. The summed E-state index contributed by atoms with van der Waals surface area (Å²) in [6, 6.07) is 15.6. The Labute approximate surface area is 153 Å². The molecule has 0 fully saturated rings. The van der Waals surface area contributed by atoms with Gasteiger partial charge in [0.25, 0.3) is 0 Å². The number of hydrogen-bond acceptors (Lipinski definition) is 2. The van der Waals surface area contributed by atoms with Crippen LogP contribution in [-0.4, -0.2) is 11.7 Å². The average molecular weight is 380 g/mol. The van der Waals surface area contributed by atoms with E-state index in [9.17, 15) is 9.18 Å². The predicted molar refractivity (Wildman–Crippen MR) is 99.7 cm³/mol. The Morgan fingerprint density at radius 2 is 1.83 bits per heavy atom. The molecule has 1 amide bonds. The zero-order chi connectivity index (χ0) is 17.1. The number of hydrogen-bond donors (Lipinski definition) is 1. The van der Waals surface area contributed by atoms with Crippen LogP contribution in [0.5, 0.6) is 0 Å². The molecule has 0 aliphatic heterocycles. The van der Waals surface area contributed by atoms with Crippen LogP contribution in [0.4, 0.5) is 10.1 Å². The number of halogens is 3. The molecule has 0 unspecified atom stereocenters. The van der Waals surface area contributed by atoms with Crippen LogP contribution < -0.4 is 5.32 Å². The largest absolute Gasteiger partial charge is 0.323 e. The molecule has 122 valence electrons. The quantitative estimate of drug-likeness (QED) is 0.561. The molecule has 6 heteroatoms. The molecule has 0 saturated carbocycles. The first-order valence-electron chi connectivity index (χ1n) is 7.09. The van der Waals surface area contributed by atoms with Gasteiger partial charge in [-0.15, -0.1) is 11.8 Å². The topological polar surface area (TPSA) is 29.1 Å². The predicted octanol–water partition coefficient (Wildman–Crippen LogP) is 6.02. The molecular formula is C18H12Cl2FNOS. The van der Waals surface area contributed by atoms with Crippen molar-refractivity contribution in [3.05, 3.63) is 70.5 Å². The fourth-order valence-electron chi connectivity index (χ4n) is 2.30. The number of nitrogens with one attached hydrogen (secondary N) is 1. The molecule has 0 saturated heterocycles. The summed E-state index contributed by atoms with van der Waals surface area (Å²) in [5.41, 5.74) is 0.112. The molecule has 0 heterocycles. The molecule has 24 heavy (non-hydrogen) atoms. The van der Waals surface area contributed by atoms with Crippen molar-refractivity contribution in [3.63, 3.8) is 0 Å². The Hall–Kier alpha value is -1.75. The van der Waals surface area contributed by atoms with E-state index in [1.807, 2.05) is 36.4 Å². The summed E-state index contributed by atoms with van der Waals surface area (Å²) in [5, 5.41) is 5.39. The van der Waals surface area contributed by atoms with Crippen LogP contribution in [0, 0.1) is 5.82 Å². The van der Waals surface area contributed by atoms with Gasteiger partial charge in [0.1, 0.15) is 5.82 Å². The Kier molecular flexibility index (Phi) is 5.29. The number of thioether (sulfide) groups is 1. The Balaban J connectivity index is 1.73. The van der Waals surface area contributed by atoms with Crippen molar-refractivity contribution in [3.8, 4) is 0 Å². The number of amides is 1. The van der Waals surface area contributed by atoms with Gasteiger partial charge in [-0.25, -0.2) is 4.39 Å². The Morgan fingerprint density at radius 3 is 2.58 bits per heavy atom. The lowest BCUT2D eigenvalue weighted by Gasteiger charge is -2.09. The van der Waals surface area contributed by atoms with Crippen LogP contribution in [0.15, 0.2) is 59.5 Å². The maximum atomic E-state index is 13.7. The summed E-state index contributed by atoms with van der Waals surface area (Å²) in [7, 11) is 0.